The molecule has 1 N–H and O–H groups in total. The molecule has 0 atom stereocenters. The quantitative estimate of drug-likeness (QED) is 0.781. The van der Waals surface area contributed by atoms with Crippen LogP contribution in [0.1, 0.15) is 31.2 Å². The number of para-hydroxylation sites is 1. The third kappa shape index (κ3) is 3.11. The monoisotopic (exact) mass is 316 g/mol. The summed E-state index contributed by atoms with van der Waals surface area (Å²) in [4.78, 5) is 12.0. The van der Waals surface area contributed by atoms with Crippen LogP contribution in [0.5, 0.6) is 0 Å². The second-order valence-electron chi connectivity index (χ2n) is 5.20. The van der Waals surface area contributed by atoms with Gasteiger partial charge in [0.05, 0.1) is 12.1 Å². The summed E-state index contributed by atoms with van der Waals surface area (Å²) < 4.78 is 1.73. The number of carbonyl (C=O) groups is 1. The maximum atomic E-state index is 12.0. The fourth-order valence-corrected chi connectivity index (χ4v) is 2.75. The van der Waals surface area contributed by atoms with Crippen LogP contribution in [0, 0.1) is 0 Å². The van der Waals surface area contributed by atoms with E-state index in [1.54, 1.807) is 4.68 Å². The number of carbonyl (C=O) groups excluding carboxylic acids is 1. The van der Waals surface area contributed by atoms with E-state index in [9.17, 15) is 4.79 Å². The number of nitrogens with zero attached hydrogens (tertiary/aromatic N) is 5. The topological polar surface area (TPSA) is 85.6 Å². The molecule has 0 unspecified atom stereocenters. The van der Waals surface area contributed by atoms with Crippen LogP contribution in [0.15, 0.2) is 24.3 Å². The zero-order chi connectivity index (χ0) is 15.5. The molecule has 8 heteroatoms. The molecular weight excluding hydrogens is 300 g/mol. The second kappa shape index (κ2) is 6.18. The Morgan fingerprint density at radius 3 is 2.86 bits per heavy atom. The number of anilines is 1. The highest BCUT2D eigenvalue weighted by Gasteiger charge is 2.11. The summed E-state index contributed by atoms with van der Waals surface area (Å²) >= 11 is 1.41. The van der Waals surface area contributed by atoms with Crippen LogP contribution in [0.4, 0.5) is 5.13 Å². The van der Waals surface area contributed by atoms with Crippen LogP contribution >= 0.6 is 11.3 Å². The molecule has 0 aliphatic rings. The molecule has 3 rings (SSSR count). The third-order valence-electron chi connectivity index (χ3n) is 3.15. The lowest BCUT2D eigenvalue weighted by Crippen LogP contribution is -2.15. The maximum absolute atomic E-state index is 12.0. The van der Waals surface area contributed by atoms with Crippen molar-refractivity contribution in [3.05, 3.63) is 29.3 Å². The summed E-state index contributed by atoms with van der Waals surface area (Å²) in [6.45, 7) is 4.56. The number of hydrogen-bond acceptors (Lipinski definition) is 6. The van der Waals surface area contributed by atoms with E-state index in [1.807, 2.05) is 38.1 Å². The third-order valence-corrected chi connectivity index (χ3v) is 4.29. The van der Waals surface area contributed by atoms with Crippen LogP contribution in [0.25, 0.3) is 11.0 Å². The van der Waals surface area contributed by atoms with Gasteiger partial charge < -0.3 is 5.32 Å². The van der Waals surface area contributed by atoms with Crippen molar-refractivity contribution >= 4 is 33.4 Å². The molecule has 1 aromatic carbocycles. The van der Waals surface area contributed by atoms with Crippen molar-refractivity contribution in [2.75, 3.05) is 5.32 Å². The van der Waals surface area contributed by atoms with Crippen molar-refractivity contribution in [2.24, 2.45) is 0 Å². The van der Waals surface area contributed by atoms with Gasteiger partial charge in [0.2, 0.25) is 11.0 Å². The minimum Gasteiger partial charge on any atom is -0.300 e. The molecule has 1 amide bonds. The summed E-state index contributed by atoms with van der Waals surface area (Å²) in [6.07, 6.45) is 0.309. The van der Waals surface area contributed by atoms with E-state index >= 15 is 0 Å². The first-order valence-corrected chi connectivity index (χ1v) is 7.86. The van der Waals surface area contributed by atoms with E-state index in [0.29, 0.717) is 24.0 Å². The molecule has 22 heavy (non-hydrogen) atoms. The van der Waals surface area contributed by atoms with E-state index < -0.39 is 0 Å². The average Bonchev–Trinajstić information content (AvgIpc) is 3.12. The van der Waals surface area contributed by atoms with Gasteiger partial charge in [-0.05, 0) is 12.1 Å². The highest BCUT2D eigenvalue weighted by molar-refractivity contribution is 7.15. The molecular formula is C14H16N6OS. The van der Waals surface area contributed by atoms with Gasteiger partial charge in [0.1, 0.15) is 10.5 Å². The lowest BCUT2D eigenvalue weighted by molar-refractivity contribution is -0.116. The second-order valence-corrected chi connectivity index (χ2v) is 6.21. The van der Waals surface area contributed by atoms with Crippen molar-refractivity contribution in [1.82, 2.24) is 25.2 Å². The first kappa shape index (κ1) is 14.6. The fourth-order valence-electron chi connectivity index (χ4n) is 1.99. The van der Waals surface area contributed by atoms with Crippen LogP contribution in [-0.2, 0) is 11.3 Å². The Bertz CT molecular complexity index is 793. The van der Waals surface area contributed by atoms with Crippen LogP contribution in [-0.4, -0.2) is 31.1 Å². The molecule has 0 aliphatic carbocycles. The van der Waals surface area contributed by atoms with Gasteiger partial charge in [0, 0.05) is 12.3 Å². The Balaban J connectivity index is 1.60. The minimum absolute atomic E-state index is 0.106. The molecule has 0 spiro atoms. The Labute approximate surface area is 131 Å². The minimum atomic E-state index is -0.106. The van der Waals surface area contributed by atoms with Gasteiger partial charge in [-0.25, -0.2) is 4.68 Å². The average molecular weight is 316 g/mol. The first-order valence-electron chi connectivity index (χ1n) is 7.05. The van der Waals surface area contributed by atoms with Gasteiger partial charge in [-0.15, -0.1) is 15.3 Å². The van der Waals surface area contributed by atoms with Crippen LogP contribution in [0.2, 0.25) is 0 Å². The summed E-state index contributed by atoms with van der Waals surface area (Å²) in [5.41, 5.74) is 1.75. The zero-order valence-electron chi connectivity index (χ0n) is 12.4. The molecule has 0 saturated carbocycles. The van der Waals surface area contributed by atoms with Crippen molar-refractivity contribution in [3.63, 3.8) is 0 Å². The van der Waals surface area contributed by atoms with Crippen molar-refractivity contribution in [1.29, 1.82) is 0 Å². The number of aryl methyl sites for hydroxylation is 1. The van der Waals surface area contributed by atoms with E-state index in [2.05, 4.69) is 25.8 Å². The summed E-state index contributed by atoms with van der Waals surface area (Å²) in [5, 5.41) is 20.4. The molecule has 2 aromatic heterocycles. The molecule has 3 aromatic rings. The Morgan fingerprint density at radius 2 is 2.09 bits per heavy atom. The first-order chi connectivity index (χ1) is 10.6. The number of rotatable bonds is 5. The Morgan fingerprint density at radius 1 is 1.27 bits per heavy atom. The molecule has 7 nitrogen and oxygen atoms in total. The highest BCUT2D eigenvalue weighted by Crippen LogP contribution is 2.22. The van der Waals surface area contributed by atoms with E-state index in [1.165, 1.54) is 11.3 Å². The van der Waals surface area contributed by atoms with Crippen molar-refractivity contribution in [2.45, 2.75) is 32.7 Å². The molecule has 2 heterocycles. The number of fused-ring (bicyclic) bond motifs is 1. The van der Waals surface area contributed by atoms with E-state index in [4.69, 9.17) is 0 Å². The molecule has 0 fully saturated rings. The van der Waals surface area contributed by atoms with E-state index in [0.717, 1.165) is 16.0 Å². The van der Waals surface area contributed by atoms with Gasteiger partial charge in [-0.1, -0.05) is 42.5 Å². The molecule has 0 radical (unpaired) electrons. The van der Waals surface area contributed by atoms with Crippen molar-refractivity contribution in [3.8, 4) is 0 Å². The normalized spacial score (nSPS) is 11.2. The standard InChI is InChI=1S/C14H16N6OS/c1-9(2)13-17-18-14(22-13)15-12(21)7-8-20-11-6-4-3-5-10(11)16-19-20/h3-6,9H,7-8H2,1-2H3,(H,15,18,21). The van der Waals surface area contributed by atoms with Crippen LogP contribution in [0.3, 0.4) is 0 Å². The summed E-state index contributed by atoms with van der Waals surface area (Å²) in [5.74, 6) is 0.204. The smallest absolute Gasteiger partial charge is 0.228 e. The van der Waals surface area contributed by atoms with Gasteiger partial charge >= 0.3 is 0 Å². The fraction of sp³-hybridized carbons (Fsp3) is 0.357. The predicted molar refractivity (Wildman–Crippen MR) is 84.8 cm³/mol. The number of nitrogens with one attached hydrogen (secondary N) is 1. The Kier molecular flexibility index (Phi) is 4.10. The maximum Gasteiger partial charge on any atom is 0.228 e. The summed E-state index contributed by atoms with van der Waals surface area (Å²) in [7, 11) is 0. The van der Waals surface area contributed by atoms with Crippen LogP contribution < -0.4 is 5.32 Å². The van der Waals surface area contributed by atoms with Gasteiger partial charge in [-0.3, -0.25) is 4.79 Å². The Hall–Kier alpha value is -2.35. The van der Waals surface area contributed by atoms with Gasteiger partial charge in [0.15, 0.2) is 0 Å². The van der Waals surface area contributed by atoms with E-state index in [-0.39, 0.29) is 5.91 Å². The summed E-state index contributed by atoms with van der Waals surface area (Å²) in [6, 6.07) is 7.67. The van der Waals surface area contributed by atoms with Crippen molar-refractivity contribution < 1.29 is 4.79 Å². The number of amides is 1. The molecule has 114 valence electrons. The van der Waals surface area contributed by atoms with Gasteiger partial charge in [-0.2, -0.15) is 0 Å². The number of benzene rings is 1. The molecule has 0 bridgehead atoms. The number of aromatic nitrogens is 5. The zero-order valence-corrected chi connectivity index (χ0v) is 13.2. The number of hydrogen-bond donors (Lipinski definition) is 1. The molecule has 0 saturated heterocycles. The predicted octanol–water partition coefficient (Wildman–Crippen LogP) is 2.44. The lowest BCUT2D eigenvalue weighted by Gasteiger charge is -2.02. The lowest BCUT2D eigenvalue weighted by atomic mass is 10.2. The molecule has 0 aliphatic heterocycles. The SMILES string of the molecule is CC(C)c1nnc(NC(=O)CCn2nnc3ccccc32)s1. The largest absolute Gasteiger partial charge is 0.300 e. The highest BCUT2D eigenvalue weighted by atomic mass is 32.1. The van der Waals surface area contributed by atoms with Gasteiger partial charge in [0.25, 0.3) is 0 Å².